The molecule has 8 atom stereocenters. The molecule has 6 heteroatoms. The SMILES string of the molecule is C[C@]12CC(=O)C(O)C=C1CC[C@@H]1[C@@H]2[C@@H](O)C[C@@]2(C)[C@H]1CC[C@]2(O)C(=O)CO. The second-order valence-electron chi connectivity index (χ2n) is 9.70. The molecule has 4 rings (SSSR count). The van der Waals surface area contributed by atoms with Crippen molar-refractivity contribution < 1.29 is 30.0 Å². The molecule has 1 unspecified atom stereocenters. The molecule has 3 saturated carbocycles. The standard InChI is InChI=1S/C21H30O6/c1-19-8-15(24)14(23)7-11(19)3-4-12-13-5-6-21(27,17(26)10-22)20(13,2)9-16(25)18(12)19/h7,12-14,16,18,22-23,25,27H,3-6,8-10H2,1-2H3/t12-,13-,14?,16-,18+,19-,20-,21-/m0/s1. The van der Waals surface area contributed by atoms with Crippen LogP contribution in [0.2, 0.25) is 0 Å². The van der Waals surface area contributed by atoms with Crippen molar-refractivity contribution in [3.63, 3.8) is 0 Å². The Balaban J connectivity index is 1.74. The topological polar surface area (TPSA) is 115 Å². The van der Waals surface area contributed by atoms with Crippen LogP contribution in [0, 0.1) is 28.6 Å². The molecule has 6 nitrogen and oxygen atoms in total. The smallest absolute Gasteiger partial charge is 0.190 e. The fourth-order valence-electron chi connectivity index (χ4n) is 7.32. The van der Waals surface area contributed by atoms with Crippen molar-refractivity contribution in [2.45, 2.75) is 70.2 Å². The lowest BCUT2D eigenvalue weighted by Gasteiger charge is -2.60. The zero-order valence-electron chi connectivity index (χ0n) is 16.0. The van der Waals surface area contributed by atoms with E-state index in [0.717, 1.165) is 18.4 Å². The van der Waals surface area contributed by atoms with Crippen molar-refractivity contribution >= 4 is 11.6 Å². The summed E-state index contributed by atoms with van der Waals surface area (Å²) >= 11 is 0. The molecule has 0 spiro atoms. The van der Waals surface area contributed by atoms with Gasteiger partial charge in [-0.25, -0.2) is 0 Å². The van der Waals surface area contributed by atoms with Crippen molar-refractivity contribution in [1.29, 1.82) is 0 Å². The first-order chi connectivity index (χ1) is 12.6. The average molecular weight is 378 g/mol. The van der Waals surface area contributed by atoms with Crippen LogP contribution in [0.5, 0.6) is 0 Å². The summed E-state index contributed by atoms with van der Waals surface area (Å²) in [4.78, 5) is 24.6. The van der Waals surface area contributed by atoms with Crippen molar-refractivity contribution in [1.82, 2.24) is 0 Å². The molecular weight excluding hydrogens is 348 g/mol. The van der Waals surface area contributed by atoms with E-state index in [9.17, 15) is 30.0 Å². The Labute approximate surface area is 159 Å². The number of hydrogen-bond acceptors (Lipinski definition) is 6. The van der Waals surface area contributed by atoms with Gasteiger partial charge in [-0.1, -0.05) is 19.4 Å². The Bertz CT molecular complexity index is 715. The van der Waals surface area contributed by atoms with Crippen molar-refractivity contribution in [2.24, 2.45) is 28.6 Å². The number of carbonyl (C=O) groups is 2. The molecule has 0 aliphatic heterocycles. The quantitative estimate of drug-likeness (QED) is 0.527. The first-order valence-corrected chi connectivity index (χ1v) is 10.0. The summed E-state index contributed by atoms with van der Waals surface area (Å²) in [7, 11) is 0. The van der Waals surface area contributed by atoms with Gasteiger partial charge in [-0.15, -0.1) is 0 Å². The summed E-state index contributed by atoms with van der Waals surface area (Å²) in [6.07, 6.45) is 2.93. The van der Waals surface area contributed by atoms with E-state index < -0.39 is 41.0 Å². The molecular formula is C21H30O6. The van der Waals surface area contributed by atoms with Gasteiger partial charge in [-0.2, -0.15) is 0 Å². The number of carbonyl (C=O) groups excluding carboxylic acids is 2. The molecule has 0 aromatic carbocycles. The molecule has 4 N–H and O–H groups in total. The molecule has 0 amide bonds. The van der Waals surface area contributed by atoms with E-state index in [1.165, 1.54) is 0 Å². The molecule has 0 bridgehead atoms. The molecule has 150 valence electrons. The lowest BCUT2D eigenvalue weighted by molar-refractivity contribution is -0.182. The van der Waals surface area contributed by atoms with E-state index in [2.05, 4.69) is 0 Å². The van der Waals surface area contributed by atoms with Gasteiger partial charge in [-0.3, -0.25) is 9.59 Å². The van der Waals surface area contributed by atoms with Crippen LogP contribution in [0.3, 0.4) is 0 Å². The van der Waals surface area contributed by atoms with E-state index in [1.54, 1.807) is 6.08 Å². The highest BCUT2D eigenvalue weighted by Gasteiger charge is 2.68. The fourth-order valence-corrected chi connectivity index (χ4v) is 7.32. The van der Waals surface area contributed by atoms with Crippen LogP contribution in [-0.4, -0.2) is 56.4 Å². The van der Waals surface area contributed by atoms with Gasteiger partial charge in [0.05, 0.1) is 6.10 Å². The second kappa shape index (κ2) is 5.96. The number of rotatable bonds is 2. The van der Waals surface area contributed by atoms with Gasteiger partial charge in [0.1, 0.15) is 18.3 Å². The lowest BCUT2D eigenvalue weighted by Crippen LogP contribution is -2.62. The van der Waals surface area contributed by atoms with E-state index in [1.807, 2.05) is 13.8 Å². The van der Waals surface area contributed by atoms with Crippen LogP contribution in [0.1, 0.15) is 52.4 Å². The van der Waals surface area contributed by atoms with Crippen molar-refractivity contribution in [3.05, 3.63) is 11.6 Å². The highest BCUT2D eigenvalue weighted by molar-refractivity contribution is 5.89. The van der Waals surface area contributed by atoms with Gasteiger partial charge in [0.15, 0.2) is 11.6 Å². The molecule has 0 heterocycles. The molecule has 0 radical (unpaired) electrons. The Morgan fingerprint density at radius 2 is 1.96 bits per heavy atom. The Hall–Kier alpha value is -1.08. The Kier molecular flexibility index (Phi) is 4.25. The highest BCUT2D eigenvalue weighted by Crippen LogP contribution is 2.67. The summed E-state index contributed by atoms with van der Waals surface area (Å²) in [5.41, 5.74) is -1.81. The average Bonchev–Trinajstić information content (AvgIpc) is 2.87. The van der Waals surface area contributed by atoms with Crippen LogP contribution in [-0.2, 0) is 9.59 Å². The summed E-state index contributed by atoms with van der Waals surface area (Å²) in [5.74, 6) is -0.729. The van der Waals surface area contributed by atoms with E-state index >= 15 is 0 Å². The summed E-state index contributed by atoms with van der Waals surface area (Å²) in [6.45, 7) is 3.20. The lowest BCUT2D eigenvalue weighted by atomic mass is 9.45. The Morgan fingerprint density at radius 3 is 2.63 bits per heavy atom. The fraction of sp³-hybridized carbons (Fsp3) is 0.810. The van der Waals surface area contributed by atoms with Gasteiger partial charge < -0.3 is 20.4 Å². The van der Waals surface area contributed by atoms with E-state index in [0.29, 0.717) is 12.8 Å². The van der Waals surface area contributed by atoms with Crippen LogP contribution in [0.15, 0.2) is 11.6 Å². The zero-order valence-corrected chi connectivity index (χ0v) is 16.0. The highest BCUT2D eigenvalue weighted by atomic mass is 16.3. The number of aliphatic hydroxyl groups excluding tert-OH is 3. The zero-order chi connectivity index (χ0) is 19.8. The molecule has 4 aliphatic rings. The maximum atomic E-state index is 12.4. The van der Waals surface area contributed by atoms with E-state index in [4.69, 9.17) is 0 Å². The number of fused-ring (bicyclic) bond motifs is 5. The second-order valence-corrected chi connectivity index (χ2v) is 9.70. The third kappa shape index (κ3) is 2.33. The third-order valence-corrected chi connectivity index (χ3v) is 8.66. The normalized spacial score (nSPS) is 51.9. The van der Waals surface area contributed by atoms with Crippen molar-refractivity contribution in [2.75, 3.05) is 6.61 Å². The predicted molar refractivity (Wildman–Crippen MR) is 96.5 cm³/mol. The van der Waals surface area contributed by atoms with Gasteiger partial charge in [0, 0.05) is 17.3 Å². The van der Waals surface area contributed by atoms with Crippen LogP contribution in [0.4, 0.5) is 0 Å². The third-order valence-electron chi connectivity index (χ3n) is 8.66. The number of Topliss-reactive ketones (excluding diaryl/α,β-unsaturated/α-hetero) is 2. The van der Waals surface area contributed by atoms with Gasteiger partial charge in [0.2, 0.25) is 0 Å². The number of allylic oxidation sites excluding steroid dienone is 1. The predicted octanol–water partition coefficient (Wildman–Crippen LogP) is 0.752. The van der Waals surface area contributed by atoms with Gasteiger partial charge in [-0.05, 0) is 55.9 Å². The minimum atomic E-state index is -1.60. The Morgan fingerprint density at radius 1 is 1.26 bits per heavy atom. The minimum Gasteiger partial charge on any atom is -0.393 e. The largest absolute Gasteiger partial charge is 0.393 e. The molecule has 27 heavy (non-hydrogen) atoms. The monoisotopic (exact) mass is 378 g/mol. The first-order valence-electron chi connectivity index (χ1n) is 10.0. The van der Waals surface area contributed by atoms with Crippen LogP contribution in [0.25, 0.3) is 0 Å². The molecule has 0 aromatic heterocycles. The summed E-state index contributed by atoms with van der Waals surface area (Å²) < 4.78 is 0. The summed E-state index contributed by atoms with van der Waals surface area (Å²) in [5, 5.41) is 41.7. The van der Waals surface area contributed by atoms with Crippen LogP contribution < -0.4 is 0 Å². The molecule has 4 aliphatic carbocycles. The van der Waals surface area contributed by atoms with Gasteiger partial charge >= 0.3 is 0 Å². The van der Waals surface area contributed by atoms with Crippen molar-refractivity contribution in [3.8, 4) is 0 Å². The number of aliphatic hydroxyl groups is 4. The molecule has 0 aromatic rings. The van der Waals surface area contributed by atoms with Gasteiger partial charge in [0.25, 0.3) is 0 Å². The van der Waals surface area contributed by atoms with E-state index in [-0.39, 0.29) is 36.4 Å². The summed E-state index contributed by atoms with van der Waals surface area (Å²) in [6, 6.07) is 0. The number of ketones is 2. The maximum Gasteiger partial charge on any atom is 0.190 e. The van der Waals surface area contributed by atoms with Crippen LogP contribution >= 0.6 is 0 Å². The maximum absolute atomic E-state index is 12.4. The molecule has 3 fully saturated rings. The molecule has 0 saturated heterocycles. The minimum absolute atomic E-state index is 0.0618. The first kappa shape index (κ1) is 19.2. The number of hydrogen-bond donors (Lipinski definition) is 4.